The molecule has 2 aromatic rings. The molecule has 1 N–H and O–H groups in total. The van der Waals surface area contributed by atoms with E-state index in [9.17, 15) is 13.6 Å². The lowest BCUT2D eigenvalue weighted by molar-refractivity contribution is -0.138. The van der Waals surface area contributed by atoms with Crippen LogP contribution in [0.5, 0.6) is 0 Å². The maximum atomic E-state index is 14.0. The van der Waals surface area contributed by atoms with Crippen molar-refractivity contribution in [3.63, 3.8) is 0 Å². The van der Waals surface area contributed by atoms with E-state index in [1.165, 1.54) is 30.3 Å². The predicted octanol–water partition coefficient (Wildman–Crippen LogP) is 3.76. The van der Waals surface area contributed by atoms with Gasteiger partial charge in [-0.2, -0.15) is 0 Å². The number of hydrogen-bond donors (Lipinski definition) is 1. The number of nitrogens with one attached hydrogen (secondary N) is 1. The lowest BCUT2D eigenvalue weighted by Crippen LogP contribution is -2.56. The monoisotopic (exact) mass is 407 g/mol. The summed E-state index contributed by atoms with van der Waals surface area (Å²) in [5, 5.41) is 3.47. The summed E-state index contributed by atoms with van der Waals surface area (Å²) in [6, 6.07) is 8.59. The second-order valence-electron chi connectivity index (χ2n) is 6.63. The van der Waals surface area contributed by atoms with E-state index in [1.807, 2.05) is 0 Å². The predicted molar refractivity (Wildman–Crippen MR) is 104 cm³/mol. The van der Waals surface area contributed by atoms with Crippen LogP contribution in [0.3, 0.4) is 0 Å². The van der Waals surface area contributed by atoms with E-state index in [0.29, 0.717) is 24.5 Å². The highest BCUT2D eigenvalue weighted by Crippen LogP contribution is 2.33. The first kappa shape index (κ1) is 18.1. The van der Waals surface area contributed by atoms with Crippen LogP contribution in [0.15, 0.2) is 36.4 Å². The fraction of sp³-hybridized carbons (Fsp3) is 0.263. The third-order valence-electron chi connectivity index (χ3n) is 4.96. The largest absolute Gasteiger partial charge is 0.337 e. The Balaban J connectivity index is 1.57. The third-order valence-corrected chi connectivity index (χ3v) is 5.55. The van der Waals surface area contributed by atoms with Crippen LogP contribution in [-0.4, -0.2) is 40.5 Å². The minimum absolute atomic E-state index is 0.0584. The van der Waals surface area contributed by atoms with Crippen molar-refractivity contribution in [2.45, 2.75) is 12.5 Å². The Morgan fingerprint density at radius 2 is 2.04 bits per heavy atom. The maximum absolute atomic E-state index is 14.0. The van der Waals surface area contributed by atoms with Crippen LogP contribution >= 0.6 is 23.8 Å². The quantitative estimate of drug-likeness (QED) is 0.730. The molecule has 0 radical (unpaired) electrons. The summed E-state index contributed by atoms with van der Waals surface area (Å²) in [6.45, 7) is 1.12. The van der Waals surface area contributed by atoms with Gasteiger partial charge < -0.3 is 15.1 Å². The van der Waals surface area contributed by atoms with Gasteiger partial charge in [0.25, 0.3) is 0 Å². The number of halogens is 3. The molecule has 27 heavy (non-hydrogen) atoms. The molecular weight excluding hydrogens is 392 g/mol. The number of benzene rings is 2. The van der Waals surface area contributed by atoms with E-state index < -0.39 is 5.82 Å². The second-order valence-corrected chi connectivity index (χ2v) is 7.45. The van der Waals surface area contributed by atoms with Crippen LogP contribution in [0.4, 0.5) is 14.5 Å². The number of carbonyl (C=O) groups excluding carboxylic acids is 1. The molecule has 1 fully saturated rings. The summed E-state index contributed by atoms with van der Waals surface area (Å²) >= 11 is 11.3. The molecule has 2 heterocycles. The molecule has 0 unspecified atom stereocenters. The number of piperazine rings is 1. The smallest absolute Gasteiger partial charge is 0.242 e. The van der Waals surface area contributed by atoms with Gasteiger partial charge in [-0.05, 0) is 60.1 Å². The van der Waals surface area contributed by atoms with Gasteiger partial charge in [-0.1, -0.05) is 17.7 Å². The van der Waals surface area contributed by atoms with E-state index >= 15 is 0 Å². The fourth-order valence-corrected chi connectivity index (χ4v) is 4.07. The van der Waals surface area contributed by atoms with Crippen molar-refractivity contribution in [3.05, 3.63) is 64.2 Å². The minimum atomic E-state index is -0.481. The maximum Gasteiger partial charge on any atom is 0.242 e. The molecule has 2 aliphatic heterocycles. The highest BCUT2D eigenvalue weighted by molar-refractivity contribution is 7.80. The Morgan fingerprint density at radius 3 is 2.85 bits per heavy atom. The Hall–Kier alpha value is -2.25. The van der Waals surface area contributed by atoms with Gasteiger partial charge in [0.1, 0.15) is 11.6 Å². The number of anilines is 1. The standard InChI is InChI=1S/C19H16ClF2N3OS/c20-12-1-4-15(22)16(8-12)23-19(27)24-9-17-14-3-2-13(21)7-11(14)5-6-25(17)18(26)10-24/h1-4,7-8,17H,5-6,9-10H2,(H,23,27)/t17-/m0/s1. The third kappa shape index (κ3) is 3.49. The highest BCUT2D eigenvalue weighted by Gasteiger charge is 2.37. The normalized spacial score (nSPS) is 18.8. The van der Waals surface area contributed by atoms with Gasteiger partial charge in [0, 0.05) is 18.1 Å². The van der Waals surface area contributed by atoms with Crippen molar-refractivity contribution < 1.29 is 13.6 Å². The minimum Gasteiger partial charge on any atom is -0.337 e. The molecule has 0 aliphatic carbocycles. The molecule has 4 rings (SSSR count). The first-order chi connectivity index (χ1) is 12.9. The number of amides is 1. The van der Waals surface area contributed by atoms with Gasteiger partial charge in [0.2, 0.25) is 5.91 Å². The SMILES string of the molecule is O=C1CN(C(=S)Nc2cc(Cl)ccc2F)C[C@H]2c3ccc(F)cc3CCN12. The number of thiocarbonyl (C=S) groups is 1. The van der Waals surface area contributed by atoms with Gasteiger partial charge in [-0.25, -0.2) is 8.78 Å². The Morgan fingerprint density at radius 1 is 1.22 bits per heavy atom. The number of hydrogen-bond acceptors (Lipinski definition) is 2. The molecule has 2 aromatic carbocycles. The summed E-state index contributed by atoms with van der Waals surface area (Å²) in [4.78, 5) is 16.1. The van der Waals surface area contributed by atoms with E-state index in [0.717, 1.165) is 11.1 Å². The second kappa shape index (κ2) is 7.05. The summed E-state index contributed by atoms with van der Waals surface area (Å²) in [5.41, 5.74) is 2.00. The summed E-state index contributed by atoms with van der Waals surface area (Å²) in [6.07, 6.45) is 0.631. The number of carbonyl (C=O) groups is 1. The molecule has 1 atom stereocenters. The van der Waals surface area contributed by atoms with Crippen LogP contribution in [0.25, 0.3) is 0 Å². The highest BCUT2D eigenvalue weighted by atomic mass is 35.5. The Labute approximate surface area is 165 Å². The Bertz CT molecular complexity index is 939. The lowest BCUT2D eigenvalue weighted by atomic mass is 9.90. The topological polar surface area (TPSA) is 35.6 Å². The molecule has 8 heteroatoms. The van der Waals surface area contributed by atoms with Crippen molar-refractivity contribution >= 4 is 40.5 Å². The first-order valence-corrected chi connectivity index (χ1v) is 9.30. The van der Waals surface area contributed by atoms with Crippen LogP contribution < -0.4 is 5.32 Å². The number of nitrogens with zero attached hydrogens (tertiary/aromatic N) is 2. The number of rotatable bonds is 1. The van der Waals surface area contributed by atoms with E-state index in [4.69, 9.17) is 23.8 Å². The van der Waals surface area contributed by atoms with Crippen molar-refractivity contribution in [1.82, 2.24) is 9.80 Å². The summed E-state index contributed by atoms with van der Waals surface area (Å²) < 4.78 is 27.5. The lowest BCUT2D eigenvalue weighted by Gasteiger charge is -2.45. The summed E-state index contributed by atoms with van der Waals surface area (Å²) in [5.74, 6) is -0.822. The van der Waals surface area contributed by atoms with Crippen molar-refractivity contribution in [2.75, 3.05) is 25.0 Å². The molecule has 0 bridgehead atoms. The van der Waals surface area contributed by atoms with Crippen LogP contribution in [0.2, 0.25) is 5.02 Å². The van der Waals surface area contributed by atoms with Crippen molar-refractivity contribution in [2.24, 2.45) is 0 Å². The average Bonchev–Trinajstić information content (AvgIpc) is 2.64. The van der Waals surface area contributed by atoms with E-state index in [1.54, 1.807) is 15.9 Å². The van der Waals surface area contributed by atoms with Crippen LogP contribution in [0.1, 0.15) is 17.2 Å². The summed E-state index contributed by atoms with van der Waals surface area (Å²) in [7, 11) is 0. The fourth-order valence-electron chi connectivity index (χ4n) is 3.65. The Kier molecular flexibility index (Phi) is 4.74. The average molecular weight is 408 g/mol. The van der Waals surface area contributed by atoms with Gasteiger partial charge in [-0.3, -0.25) is 4.79 Å². The van der Waals surface area contributed by atoms with E-state index in [-0.39, 0.29) is 35.1 Å². The van der Waals surface area contributed by atoms with Crippen molar-refractivity contribution in [3.8, 4) is 0 Å². The molecule has 4 nitrogen and oxygen atoms in total. The van der Waals surface area contributed by atoms with Gasteiger partial charge >= 0.3 is 0 Å². The molecule has 0 aromatic heterocycles. The zero-order valence-corrected chi connectivity index (χ0v) is 15.8. The van der Waals surface area contributed by atoms with E-state index in [2.05, 4.69) is 5.32 Å². The molecule has 0 saturated carbocycles. The van der Waals surface area contributed by atoms with Crippen molar-refractivity contribution in [1.29, 1.82) is 0 Å². The number of fused-ring (bicyclic) bond motifs is 3. The molecule has 1 saturated heterocycles. The zero-order chi connectivity index (χ0) is 19.1. The first-order valence-electron chi connectivity index (χ1n) is 8.51. The van der Waals surface area contributed by atoms with Crippen LogP contribution in [0, 0.1) is 11.6 Å². The van der Waals surface area contributed by atoms with Gasteiger partial charge in [0.05, 0.1) is 18.3 Å². The molecule has 2 aliphatic rings. The van der Waals surface area contributed by atoms with Crippen LogP contribution in [-0.2, 0) is 11.2 Å². The molecule has 1 amide bonds. The van der Waals surface area contributed by atoms with Gasteiger partial charge in [0.15, 0.2) is 5.11 Å². The molecular formula is C19H16ClF2N3OS. The molecule has 0 spiro atoms. The zero-order valence-electron chi connectivity index (χ0n) is 14.2. The molecule has 140 valence electrons. The van der Waals surface area contributed by atoms with Gasteiger partial charge in [-0.15, -0.1) is 0 Å².